The molecule has 20 heavy (non-hydrogen) atoms. The topological polar surface area (TPSA) is 35.5 Å². The molecule has 0 N–H and O–H groups in total. The lowest BCUT2D eigenvalue weighted by atomic mass is 10.0. The molecule has 0 fully saturated rings. The van der Waals surface area contributed by atoms with Crippen molar-refractivity contribution in [2.24, 2.45) is 0 Å². The molecule has 0 saturated carbocycles. The molecule has 0 radical (unpaired) electrons. The summed E-state index contributed by atoms with van der Waals surface area (Å²) in [5.41, 5.74) is 0. The standard InChI is InChI=1S/C16H13O3P/c1-2-18-20(17)19-16-9-5-8-14-10-12-6-3-4-7-13(12)11-15(14)16/h2-11,20H,1H2. The summed E-state index contributed by atoms with van der Waals surface area (Å²) in [5.74, 6) is 0.555. The molecule has 0 aliphatic heterocycles. The van der Waals surface area contributed by atoms with Crippen LogP contribution in [0.3, 0.4) is 0 Å². The lowest BCUT2D eigenvalue weighted by molar-refractivity contribution is 0.386. The first kappa shape index (κ1) is 12.8. The largest absolute Gasteiger partial charge is 0.427 e. The van der Waals surface area contributed by atoms with Gasteiger partial charge in [-0.05, 0) is 34.4 Å². The van der Waals surface area contributed by atoms with Crippen molar-refractivity contribution in [2.45, 2.75) is 0 Å². The first-order valence-electron chi connectivity index (χ1n) is 6.19. The number of benzene rings is 3. The predicted octanol–water partition coefficient (Wildman–Crippen LogP) is 4.92. The maximum atomic E-state index is 11.6. The van der Waals surface area contributed by atoms with E-state index in [4.69, 9.17) is 9.05 Å². The van der Waals surface area contributed by atoms with Crippen LogP contribution in [0.25, 0.3) is 21.5 Å². The Kier molecular flexibility index (Phi) is 3.44. The molecule has 0 spiro atoms. The smallest absolute Gasteiger partial charge is 0.418 e. The maximum absolute atomic E-state index is 11.6. The molecule has 1 atom stereocenters. The highest BCUT2D eigenvalue weighted by Crippen LogP contribution is 2.35. The molecule has 0 aliphatic rings. The van der Waals surface area contributed by atoms with E-state index < -0.39 is 8.25 Å². The van der Waals surface area contributed by atoms with Crippen LogP contribution in [0.4, 0.5) is 0 Å². The van der Waals surface area contributed by atoms with Gasteiger partial charge in [0.2, 0.25) is 0 Å². The van der Waals surface area contributed by atoms with E-state index in [9.17, 15) is 4.57 Å². The highest BCUT2D eigenvalue weighted by molar-refractivity contribution is 7.33. The molecule has 0 amide bonds. The van der Waals surface area contributed by atoms with Crippen molar-refractivity contribution in [3.8, 4) is 5.75 Å². The Hall–Kier alpha value is -2.25. The molecular weight excluding hydrogens is 271 g/mol. The van der Waals surface area contributed by atoms with Gasteiger partial charge in [-0.3, -0.25) is 0 Å². The van der Waals surface area contributed by atoms with Crippen LogP contribution >= 0.6 is 8.25 Å². The minimum atomic E-state index is -2.60. The van der Waals surface area contributed by atoms with E-state index in [1.165, 1.54) is 0 Å². The van der Waals surface area contributed by atoms with Gasteiger partial charge in [-0.1, -0.05) is 43.0 Å². The van der Waals surface area contributed by atoms with Crippen LogP contribution in [0.2, 0.25) is 0 Å². The maximum Gasteiger partial charge on any atom is 0.418 e. The van der Waals surface area contributed by atoms with Crippen molar-refractivity contribution in [3.63, 3.8) is 0 Å². The zero-order valence-electron chi connectivity index (χ0n) is 10.7. The van der Waals surface area contributed by atoms with Gasteiger partial charge in [0.05, 0.1) is 6.26 Å². The molecule has 0 heterocycles. The first-order chi connectivity index (χ1) is 9.78. The fourth-order valence-electron chi connectivity index (χ4n) is 2.21. The number of rotatable bonds is 4. The first-order valence-corrected chi connectivity index (χ1v) is 7.41. The van der Waals surface area contributed by atoms with Gasteiger partial charge in [-0.25, -0.2) is 4.57 Å². The lowest BCUT2D eigenvalue weighted by Gasteiger charge is -2.09. The Balaban J connectivity index is 2.15. The molecule has 3 rings (SSSR count). The molecule has 0 saturated heterocycles. The zero-order valence-corrected chi connectivity index (χ0v) is 11.7. The second kappa shape index (κ2) is 5.40. The van der Waals surface area contributed by atoms with E-state index in [2.05, 4.69) is 18.7 Å². The summed E-state index contributed by atoms with van der Waals surface area (Å²) >= 11 is 0. The van der Waals surface area contributed by atoms with E-state index in [-0.39, 0.29) is 0 Å². The van der Waals surface area contributed by atoms with Gasteiger partial charge in [-0.2, -0.15) is 0 Å². The highest BCUT2D eigenvalue weighted by Gasteiger charge is 2.07. The van der Waals surface area contributed by atoms with Crippen LogP contribution in [0, 0.1) is 0 Å². The summed E-state index contributed by atoms with van der Waals surface area (Å²) < 4.78 is 21.7. The van der Waals surface area contributed by atoms with Crippen LogP contribution in [0.5, 0.6) is 5.75 Å². The minimum Gasteiger partial charge on any atom is -0.427 e. The highest BCUT2D eigenvalue weighted by atomic mass is 31.1. The monoisotopic (exact) mass is 284 g/mol. The zero-order chi connectivity index (χ0) is 13.9. The molecule has 1 unspecified atom stereocenters. The van der Waals surface area contributed by atoms with Crippen molar-refractivity contribution < 1.29 is 13.6 Å². The van der Waals surface area contributed by atoms with Gasteiger partial charge in [0.15, 0.2) is 0 Å². The molecule has 0 aliphatic carbocycles. The van der Waals surface area contributed by atoms with Gasteiger partial charge in [0, 0.05) is 5.39 Å². The summed E-state index contributed by atoms with van der Waals surface area (Å²) in [6, 6.07) is 17.9. The molecular formula is C16H13O3P. The SMILES string of the molecule is C=CO[PH](=O)Oc1cccc2cc3ccccc3cc12. The van der Waals surface area contributed by atoms with Crippen LogP contribution in [0.1, 0.15) is 0 Å². The second-order valence-electron chi connectivity index (χ2n) is 4.31. The number of hydrogen-bond donors (Lipinski definition) is 0. The fourth-order valence-corrected chi connectivity index (χ4v) is 2.75. The average Bonchev–Trinajstić information content (AvgIpc) is 2.46. The van der Waals surface area contributed by atoms with E-state index in [0.717, 1.165) is 27.8 Å². The van der Waals surface area contributed by atoms with E-state index in [0.29, 0.717) is 5.75 Å². The van der Waals surface area contributed by atoms with Crippen LogP contribution in [-0.2, 0) is 9.09 Å². The Labute approximate surface area is 117 Å². The van der Waals surface area contributed by atoms with Crippen molar-refractivity contribution >= 4 is 29.8 Å². The van der Waals surface area contributed by atoms with Gasteiger partial charge >= 0.3 is 8.25 Å². The molecule has 3 aromatic carbocycles. The fraction of sp³-hybridized carbons (Fsp3) is 0. The molecule has 0 aromatic heterocycles. The van der Waals surface area contributed by atoms with Gasteiger partial charge in [0.25, 0.3) is 0 Å². The van der Waals surface area contributed by atoms with Gasteiger partial charge < -0.3 is 9.05 Å². The van der Waals surface area contributed by atoms with Gasteiger partial charge in [0.1, 0.15) is 5.75 Å². The number of hydrogen-bond acceptors (Lipinski definition) is 3. The lowest BCUT2D eigenvalue weighted by Crippen LogP contribution is -1.85. The van der Waals surface area contributed by atoms with Crippen molar-refractivity contribution in [3.05, 3.63) is 67.4 Å². The van der Waals surface area contributed by atoms with E-state index >= 15 is 0 Å². The Morgan fingerprint density at radius 2 is 1.65 bits per heavy atom. The third-order valence-electron chi connectivity index (χ3n) is 3.08. The summed E-state index contributed by atoms with van der Waals surface area (Å²) in [4.78, 5) is 0. The van der Waals surface area contributed by atoms with Crippen LogP contribution in [-0.4, -0.2) is 0 Å². The summed E-state index contributed by atoms with van der Waals surface area (Å²) in [6.07, 6.45) is 1.13. The third kappa shape index (κ3) is 2.40. The molecule has 100 valence electrons. The molecule has 0 bridgehead atoms. The molecule has 3 nitrogen and oxygen atoms in total. The summed E-state index contributed by atoms with van der Waals surface area (Å²) in [6.45, 7) is 3.37. The quantitative estimate of drug-likeness (QED) is 0.387. The Morgan fingerprint density at radius 3 is 2.40 bits per heavy atom. The van der Waals surface area contributed by atoms with E-state index in [1.807, 2.05) is 36.4 Å². The minimum absolute atomic E-state index is 0.555. The summed E-state index contributed by atoms with van der Waals surface area (Å²) in [5, 5.41) is 4.22. The van der Waals surface area contributed by atoms with Crippen LogP contribution in [0.15, 0.2) is 67.4 Å². The predicted molar refractivity (Wildman–Crippen MR) is 82.4 cm³/mol. The molecule has 3 aromatic rings. The normalized spacial score (nSPS) is 12.2. The average molecular weight is 284 g/mol. The van der Waals surface area contributed by atoms with Gasteiger partial charge in [-0.15, -0.1) is 0 Å². The van der Waals surface area contributed by atoms with Crippen molar-refractivity contribution in [1.29, 1.82) is 0 Å². The summed E-state index contributed by atoms with van der Waals surface area (Å²) in [7, 11) is -2.60. The molecule has 4 heteroatoms. The Morgan fingerprint density at radius 1 is 0.950 bits per heavy atom. The van der Waals surface area contributed by atoms with Crippen molar-refractivity contribution in [1.82, 2.24) is 0 Å². The van der Waals surface area contributed by atoms with Crippen molar-refractivity contribution in [2.75, 3.05) is 0 Å². The van der Waals surface area contributed by atoms with Crippen LogP contribution < -0.4 is 4.52 Å². The third-order valence-corrected chi connectivity index (χ3v) is 3.83. The Bertz CT molecular complexity index is 811. The van der Waals surface area contributed by atoms with E-state index in [1.54, 1.807) is 6.07 Å². The number of fused-ring (bicyclic) bond motifs is 2. The second-order valence-corrected chi connectivity index (χ2v) is 5.25.